The van der Waals surface area contributed by atoms with E-state index in [1.807, 2.05) is 0 Å². The van der Waals surface area contributed by atoms with Crippen LogP contribution in [0, 0.1) is 0 Å². The van der Waals surface area contributed by atoms with Crippen LogP contribution in [0.2, 0.25) is 0 Å². The van der Waals surface area contributed by atoms with Gasteiger partial charge in [0.15, 0.2) is 0 Å². The Hall–Kier alpha value is -1.81. The molecule has 2 aromatic rings. The molecule has 4 atom stereocenters. The van der Waals surface area contributed by atoms with Crippen molar-refractivity contribution >= 4 is 5.52 Å². The Morgan fingerprint density at radius 3 is 2.84 bits per heavy atom. The molecular weight excluding hydrogens is 256 g/mol. The number of ether oxygens (including phenoxy) is 1. The van der Waals surface area contributed by atoms with Crippen molar-refractivity contribution in [1.29, 1.82) is 0 Å². The molecule has 1 aliphatic heterocycles. The van der Waals surface area contributed by atoms with E-state index >= 15 is 0 Å². The number of aromatic nitrogens is 4. The molecular formula is C10H12N4O5. The minimum Gasteiger partial charge on any atom is -0.394 e. The maximum Gasteiger partial charge on any atom is 0.363 e. The van der Waals surface area contributed by atoms with Crippen molar-refractivity contribution in [1.82, 2.24) is 19.8 Å². The van der Waals surface area contributed by atoms with E-state index < -0.39 is 36.7 Å². The maximum atomic E-state index is 11.5. The molecule has 1 aliphatic rings. The molecule has 9 nitrogen and oxygen atoms in total. The van der Waals surface area contributed by atoms with Crippen molar-refractivity contribution in [2.75, 3.05) is 6.61 Å². The van der Waals surface area contributed by atoms with E-state index in [1.54, 1.807) is 0 Å². The number of hydrogen-bond acceptors (Lipinski definition) is 7. The lowest BCUT2D eigenvalue weighted by Gasteiger charge is -2.12. The summed E-state index contributed by atoms with van der Waals surface area (Å²) in [7, 11) is 0. The van der Waals surface area contributed by atoms with Crippen LogP contribution in [-0.2, 0) is 4.74 Å². The molecule has 0 radical (unpaired) electrons. The molecule has 0 aliphatic carbocycles. The molecule has 1 saturated heterocycles. The molecule has 2 aromatic heterocycles. The van der Waals surface area contributed by atoms with Crippen LogP contribution in [0.1, 0.15) is 11.7 Å². The molecule has 0 aromatic carbocycles. The summed E-state index contributed by atoms with van der Waals surface area (Å²) in [5.74, 6) is 0. The second kappa shape index (κ2) is 4.38. The van der Waals surface area contributed by atoms with Crippen LogP contribution in [0.3, 0.4) is 0 Å². The van der Waals surface area contributed by atoms with Crippen LogP contribution in [-0.4, -0.2) is 60.0 Å². The van der Waals surface area contributed by atoms with Gasteiger partial charge in [-0.05, 0) is 0 Å². The van der Waals surface area contributed by atoms with Crippen molar-refractivity contribution in [2.45, 2.75) is 24.4 Å². The fourth-order valence-electron chi connectivity index (χ4n) is 2.23. The molecule has 19 heavy (non-hydrogen) atoms. The van der Waals surface area contributed by atoms with Gasteiger partial charge in [0.05, 0.1) is 24.5 Å². The predicted octanol–water partition coefficient (Wildman–Crippen LogP) is -2.43. The summed E-state index contributed by atoms with van der Waals surface area (Å²) in [4.78, 5) is 11.5. The lowest BCUT2D eigenvalue weighted by Crippen LogP contribution is -2.32. The van der Waals surface area contributed by atoms with Gasteiger partial charge < -0.3 is 20.1 Å². The number of hydrogen-bond donors (Lipinski definition) is 4. The fourth-order valence-corrected chi connectivity index (χ4v) is 2.23. The molecule has 3 heterocycles. The van der Waals surface area contributed by atoms with Gasteiger partial charge in [-0.3, -0.25) is 0 Å². The van der Waals surface area contributed by atoms with Gasteiger partial charge in [-0.2, -0.15) is 14.7 Å². The van der Waals surface area contributed by atoms with Gasteiger partial charge in [-0.1, -0.05) is 0 Å². The van der Waals surface area contributed by atoms with Gasteiger partial charge in [-0.15, -0.1) is 0 Å². The number of nitrogens with zero attached hydrogens (tertiary/aromatic N) is 3. The second-order valence-corrected chi connectivity index (χ2v) is 4.33. The van der Waals surface area contributed by atoms with Gasteiger partial charge in [0.2, 0.25) is 0 Å². The van der Waals surface area contributed by atoms with Crippen LogP contribution in [0.5, 0.6) is 0 Å². The van der Waals surface area contributed by atoms with E-state index in [9.17, 15) is 15.0 Å². The molecule has 0 amide bonds. The van der Waals surface area contributed by atoms with Crippen LogP contribution in [0.15, 0.2) is 17.2 Å². The van der Waals surface area contributed by atoms with Gasteiger partial charge in [-0.25, -0.2) is 9.89 Å². The SMILES string of the molecule is O=c1[nH]ncc2c(C3OC(CO)C(O)C3O)cnn12. The van der Waals surface area contributed by atoms with Gasteiger partial charge in [0.25, 0.3) is 0 Å². The average Bonchev–Trinajstić information content (AvgIpc) is 2.94. The lowest BCUT2D eigenvalue weighted by molar-refractivity contribution is -0.0223. The third-order valence-corrected chi connectivity index (χ3v) is 3.22. The van der Waals surface area contributed by atoms with Crippen LogP contribution in [0.4, 0.5) is 0 Å². The number of rotatable bonds is 2. The highest BCUT2D eigenvalue weighted by molar-refractivity contribution is 5.53. The number of H-pyrrole nitrogens is 1. The minimum absolute atomic E-state index is 0.374. The minimum atomic E-state index is -1.20. The summed E-state index contributed by atoms with van der Waals surface area (Å²) in [5, 5.41) is 38.4. The number of aliphatic hydroxyl groups excluding tert-OH is 3. The highest BCUT2D eigenvalue weighted by atomic mass is 16.6. The molecule has 9 heteroatoms. The third-order valence-electron chi connectivity index (χ3n) is 3.22. The maximum absolute atomic E-state index is 11.5. The lowest BCUT2D eigenvalue weighted by atomic mass is 10.0. The zero-order chi connectivity index (χ0) is 13.6. The summed E-state index contributed by atoms with van der Waals surface area (Å²) < 4.78 is 6.46. The van der Waals surface area contributed by atoms with Crippen molar-refractivity contribution in [3.63, 3.8) is 0 Å². The van der Waals surface area contributed by atoms with Gasteiger partial charge in [0, 0.05) is 5.56 Å². The third kappa shape index (κ3) is 1.75. The van der Waals surface area contributed by atoms with Crippen LogP contribution in [0.25, 0.3) is 5.52 Å². The van der Waals surface area contributed by atoms with Gasteiger partial charge >= 0.3 is 5.69 Å². The highest BCUT2D eigenvalue weighted by Gasteiger charge is 2.44. The summed E-state index contributed by atoms with van der Waals surface area (Å²) >= 11 is 0. The Morgan fingerprint density at radius 1 is 1.37 bits per heavy atom. The smallest absolute Gasteiger partial charge is 0.363 e. The van der Waals surface area contributed by atoms with E-state index in [0.29, 0.717) is 11.1 Å². The van der Waals surface area contributed by atoms with Gasteiger partial charge in [0.1, 0.15) is 24.4 Å². The van der Waals surface area contributed by atoms with Crippen molar-refractivity contribution in [3.8, 4) is 0 Å². The normalized spacial score (nSPS) is 31.1. The number of nitrogens with one attached hydrogen (secondary N) is 1. The number of fused-ring (bicyclic) bond motifs is 1. The largest absolute Gasteiger partial charge is 0.394 e. The quantitative estimate of drug-likeness (QED) is 0.476. The van der Waals surface area contributed by atoms with E-state index in [-0.39, 0.29) is 0 Å². The first-order valence-electron chi connectivity index (χ1n) is 5.67. The molecule has 3 rings (SSSR count). The highest BCUT2D eigenvalue weighted by Crippen LogP contribution is 2.34. The molecule has 4 N–H and O–H groups in total. The molecule has 4 unspecified atom stereocenters. The summed E-state index contributed by atoms with van der Waals surface area (Å²) in [6.07, 6.45) is -1.40. The fraction of sp³-hybridized carbons (Fsp3) is 0.500. The zero-order valence-electron chi connectivity index (χ0n) is 9.67. The van der Waals surface area contributed by atoms with E-state index in [0.717, 1.165) is 4.52 Å². The molecule has 0 saturated carbocycles. The second-order valence-electron chi connectivity index (χ2n) is 4.33. The van der Waals surface area contributed by atoms with E-state index in [1.165, 1.54) is 12.4 Å². The Morgan fingerprint density at radius 2 is 2.16 bits per heavy atom. The molecule has 0 bridgehead atoms. The Labute approximate surface area is 106 Å². The first-order chi connectivity index (χ1) is 9.13. The summed E-state index contributed by atoms with van der Waals surface area (Å²) in [6.45, 7) is -0.410. The van der Waals surface area contributed by atoms with E-state index in [4.69, 9.17) is 9.84 Å². The topological polar surface area (TPSA) is 133 Å². The standard InChI is InChI=1S/C10H12N4O5/c15-3-6-7(16)8(17)9(19-6)4-1-12-14-5(4)2-11-13-10(14)18/h1-2,6-9,15-17H,3H2,(H,13,18). The van der Waals surface area contributed by atoms with Crippen LogP contribution >= 0.6 is 0 Å². The summed E-state index contributed by atoms with van der Waals surface area (Å²) in [6, 6.07) is 0. The van der Waals surface area contributed by atoms with Crippen molar-refractivity contribution in [2.24, 2.45) is 0 Å². The summed E-state index contributed by atoms with van der Waals surface area (Å²) in [5.41, 5.74) is 0.287. The molecule has 1 fully saturated rings. The van der Waals surface area contributed by atoms with Crippen LogP contribution < -0.4 is 5.69 Å². The Bertz CT molecular complexity index is 653. The monoisotopic (exact) mass is 268 g/mol. The Balaban J connectivity index is 2.06. The number of aromatic amines is 1. The Kier molecular flexibility index (Phi) is 2.82. The number of aliphatic hydroxyl groups is 3. The molecule has 0 spiro atoms. The first kappa shape index (κ1) is 12.2. The first-order valence-corrected chi connectivity index (χ1v) is 5.67. The van der Waals surface area contributed by atoms with E-state index in [2.05, 4.69) is 15.3 Å². The van der Waals surface area contributed by atoms with Crippen molar-refractivity contribution < 1.29 is 20.1 Å². The molecule has 102 valence electrons. The van der Waals surface area contributed by atoms with Crippen molar-refractivity contribution in [3.05, 3.63) is 28.4 Å². The zero-order valence-corrected chi connectivity index (χ0v) is 9.67. The predicted molar refractivity (Wildman–Crippen MR) is 60.3 cm³/mol. The average molecular weight is 268 g/mol.